The molecule has 0 unspecified atom stereocenters. The lowest BCUT2D eigenvalue weighted by Crippen LogP contribution is -2.24. The van der Waals surface area contributed by atoms with Crippen molar-refractivity contribution in [1.29, 1.82) is 0 Å². The normalized spacial score (nSPS) is 10.5. The Balaban J connectivity index is 1.87. The molecule has 0 heterocycles. The number of carbonyl (C=O) groups excluding carboxylic acids is 1. The van der Waals surface area contributed by atoms with Gasteiger partial charge in [0, 0.05) is 10.2 Å². The molecule has 0 bridgehead atoms. The molecule has 0 saturated carbocycles. The number of hydrazone groups is 1. The first-order chi connectivity index (χ1) is 9.63. The van der Waals surface area contributed by atoms with Crippen LogP contribution < -0.4 is 10.7 Å². The van der Waals surface area contributed by atoms with Crippen LogP contribution in [0, 0.1) is 6.92 Å². The van der Waals surface area contributed by atoms with E-state index in [4.69, 9.17) is 0 Å². The van der Waals surface area contributed by atoms with Crippen LogP contribution >= 0.6 is 15.9 Å². The number of rotatable bonds is 3. The average molecular weight is 332 g/mol. The standard InChI is InChI=1S/C15H14BrN3O/c1-11-5-7-12(8-6-11)10-17-19-15(20)18-14-4-2-3-13(16)9-14/h2-10H,1H3,(H2,18,19,20)/b17-10+. The molecule has 0 fully saturated rings. The molecule has 2 N–H and O–H groups in total. The van der Waals surface area contributed by atoms with Gasteiger partial charge in [0.05, 0.1) is 6.21 Å². The maximum Gasteiger partial charge on any atom is 0.339 e. The van der Waals surface area contributed by atoms with Crippen LogP contribution in [0.15, 0.2) is 58.1 Å². The summed E-state index contributed by atoms with van der Waals surface area (Å²) in [6.07, 6.45) is 1.60. The summed E-state index contributed by atoms with van der Waals surface area (Å²) in [5.74, 6) is 0. The first kappa shape index (κ1) is 14.3. The minimum atomic E-state index is -0.383. The second kappa shape index (κ2) is 6.86. The Bertz CT molecular complexity index is 623. The predicted octanol–water partition coefficient (Wildman–Crippen LogP) is 3.91. The zero-order valence-corrected chi connectivity index (χ0v) is 12.5. The zero-order valence-electron chi connectivity index (χ0n) is 10.9. The molecule has 4 nitrogen and oxygen atoms in total. The number of hydrogen-bond acceptors (Lipinski definition) is 2. The number of amides is 2. The van der Waals surface area contributed by atoms with E-state index >= 15 is 0 Å². The van der Waals surface area contributed by atoms with Crippen LogP contribution in [-0.2, 0) is 0 Å². The van der Waals surface area contributed by atoms with Crippen molar-refractivity contribution >= 4 is 33.9 Å². The second-order valence-electron chi connectivity index (χ2n) is 4.25. The molecule has 0 aromatic heterocycles. The van der Waals surface area contributed by atoms with Gasteiger partial charge >= 0.3 is 6.03 Å². The lowest BCUT2D eigenvalue weighted by atomic mass is 10.2. The van der Waals surface area contributed by atoms with Gasteiger partial charge in [0.1, 0.15) is 0 Å². The van der Waals surface area contributed by atoms with Crippen molar-refractivity contribution < 1.29 is 4.79 Å². The fourth-order valence-corrected chi connectivity index (χ4v) is 1.94. The van der Waals surface area contributed by atoms with Gasteiger partial charge in [0.15, 0.2) is 0 Å². The van der Waals surface area contributed by atoms with Crippen LogP contribution in [0.2, 0.25) is 0 Å². The first-order valence-electron chi connectivity index (χ1n) is 6.06. The van der Waals surface area contributed by atoms with Gasteiger partial charge in [0.2, 0.25) is 0 Å². The van der Waals surface area contributed by atoms with Crippen LogP contribution in [0.1, 0.15) is 11.1 Å². The molecule has 0 saturated heterocycles. The molecule has 102 valence electrons. The maximum atomic E-state index is 11.6. The van der Waals surface area contributed by atoms with E-state index in [0.29, 0.717) is 5.69 Å². The highest BCUT2D eigenvalue weighted by molar-refractivity contribution is 9.10. The van der Waals surface area contributed by atoms with Gasteiger partial charge in [-0.05, 0) is 30.7 Å². The highest BCUT2D eigenvalue weighted by atomic mass is 79.9. The molecule has 0 spiro atoms. The molecule has 2 aromatic rings. The predicted molar refractivity (Wildman–Crippen MR) is 85.1 cm³/mol. The lowest BCUT2D eigenvalue weighted by Gasteiger charge is -2.04. The summed E-state index contributed by atoms with van der Waals surface area (Å²) in [6, 6.07) is 14.8. The van der Waals surface area contributed by atoms with Crippen molar-refractivity contribution in [3.8, 4) is 0 Å². The van der Waals surface area contributed by atoms with Crippen molar-refractivity contribution in [3.05, 3.63) is 64.1 Å². The molecule has 0 aliphatic carbocycles. The SMILES string of the molecule is Cc1ccc(/C=N/NC(=O)Nc2cccc(Br)c2)cc1. The average Bonchev–Trinajstić information content (AvgIpc) is 2.41. The molecule has 2 amide bonds. The van der Waals surface area contributed by atoms with Crippen molar-refractivity contribution in [2.24, 2.45) is 5.10 Å². The number of hydrogen-bond donors (Lipinski definition) is 2. The molecule has 0 atom stereocenters. The maximum absolute atomic E-state index is 11.6. The van der Waals surface area contributed by atoms with E-state index in [1.165, 1.54) is 5.56 Å². The van der Waals surface area contributed by atoms with E-state index in [1.807, 2.05) is 49.4 Å². The Hall–Kier alpha value is -2.14. The number of anilines is 1. The lowest BCUT2D eigenvalue weighted by molar-refractivity contribution is 0.252. The summed E-state index contributed by atoms with van der Waals surface area (Å²) >= 11 is 3.34. The summed E-state index contributed by atoms with van der Waals surface area (Å²) in [5, 5.41) is 6.58. The van der Waals surface area contributed by atoms with Gasteiger partial charge in [-0.25, -0.2) is 10.2 Å². The van der Waals surface area contributed by atoms with Gasteiger partial charge in [-0.15, -0.1) is 0 Å². The summed E-state index contributed by atoms with van der Waals surface area (Å²) in [4.78, 5) is 11.6. The minimum Gasteiger partial charge on any atom is -0.306 e. The molecule has 0 aliphatic heterocycles. The van der Waals surface area contributed by atoms with Crippen LogP contribution in [0.25, 0.3) is 0 Å². The second-order valence-corrected chi connectivity index (χ2v) is 5.16. The topological polar surface area (TPSA) is 53.5 Å². The number of aryl methyl sites for hydroxylation is 1. The first-order valence-corrected chi connectivity index (χ1v) is 6.85. The highest BCUT2D eigenvalue weighted by Crippen LogP contribution is 2.15. The van der Waals surface area contributed by atoms with E-state index in [9.17, 15) is 4.79 Å². The van der Waals surface area contributed by atoms with Gasteiger partial charge in [-0.3, -0.25) is 0 Å². The van der Waals surface area contributed by atoms with E-state index in [-0.39, 0.29) is 6.03 Å². The van der Waals surface area contributed by atoms with Crippen LogP contribution in [0.5, 0.6) is 0 Å². The molecule has 5 heteroatoms. The Labute approximate surface area is 126 Å². The number of nitrogens with zero attached hydrogens (tertiary/aromatic N) is 1. The van der Waals surface area contributed by atoms with Crippen molar-refractivity contribution in [2.45, 2.75) is 6.92 Å². The van der Waals surface area contributed by atoms with Crippen LogP contribution in [-0.4, -0.2) is 12.2 Å². The summed E-state index contributed by atoms with van der Waals surface area (Å²) < 4.78 is 0.901. The van der Waals surface area contributed by atoms with Gasteiger partial charge in [-0.2, -0.15) is 5.10 Å². The fraction of sp³-hybridized carbons (Fsp3) is 0.0667. The van der Waals surface area contributed by atoms with E-state index in [0.717, 1.165) is 10.0 Å². The third kappa shape index (κ3) is 4.51. The molecular weight excluding hydrogens is 318 g/mol. The number of nitrogens with one attached hydrogen (secondary N) is 2. The third-order valence-corrected chi connectivity index (χ3v) is 3.03. The van der Waals surface area contributed by atoms with Gasteiger partial charge < -0.3 is 5.32 Å². The number of urea groups is 1. The zero-order chi connectivity index (χ0) is 14.4. The Morgan fingerprint density at radius 2 is 1.95 bits per heavy atom. The van der Waals surface area contributed by atoms with Crippen LogP contribution in [0.3, 0.4) is 0 Å². The third-order valence-electron chi connectivity index (χ3n) is 2.54. The summed E-state index contributed by atoms with van der Waals surface area (Å²) in [6.45, 7) is 2.02. The number of halogens is 1. The van der Waals surface area contributed by atoms with Gasteiger partial charge in [0.25, 0.3) is 0 Å². The summed E-state index contributed by atoms with van der Waals surface area (Å²) in [5.41, 5.74) is 5.23. The van der Waals surface area contributed by atoms with E-state index < -0.39 is 0 Å². The van der Waals surface area contributed by atoms with Gasteiger partial charge in [-0.1, -0.05) is 51.8 Å². The minimum absolute atomic E-state index is 0.383. The Morgan fingerprint density at radius 1 is 1.20 bits per heavy atom. The quantitative estimate of drug-likeness (QED) is 0.650. The molecule has 2 aromatic carbocycles. The monoisotopic (exact) mass is 331 g/mol. The van der Waals surface area contributed by atoms with E-state index in [2.05, 4.69) is 31.8 Å². The number of carbonyl (C=O) groups is 1. The molecule has 0 aliphatic rings. The highest BCUT2D eigenvalue weighted by Gasteiger charge is 1.99. The van der Waals surface area contributed by atoms with E-state index in [1.54, 1.807) is 12.3 Å². The molecule has 0 radical (unpaired) electrons. The fourth-order valence-electron chi connectivity index (χ4n) is 1.54. The van der Waals surface area contributed by atoms with Crippen molar-refractivity contribution in [3.63, 3.8) is 0 Å². The Kier molecular flexibility index (Phi) is 4.90. The van der Waals surface area contributed by atoms with Crippen molar-refractivity contribution in [1.82, 2.24) is 5.43 Å². The number of benzene rings is 2. The smallest absolute Gasteiger partial charge is 0.306 e. The largest absolute Gasteiger partial charge is 0.339 e. The molecular formula is C15H14BrN3O. The Morgan fingerprint density at radius 3 is 2.65 bits per heavy atom. The van der Waals surface area contributed by atoms with Crippen LogP contribution in [0.4, 0.5) is 10.5 Å². The molecule has 20 heavy (non-hydrogen) atoms. The van der Waals surface area contributed by atoms with Crippen molar-refractivity contribution in [2.75, 3.05) is 5.32 Å². The molecule has 2 rings (SSSR count). The summed E-state index contributed by atoms with van der Waals surface area (Å²) in [7, 11) is 0.